The summed E-state index contributed by atoms with van der Waals surface area (Å²) in [4.78, 5) is 0. The van der Waals surface area contributed by atoms with Crippen LogP contribution in [0, 0.1) is 12.1 Å². The molecule has 3 heteroatoms. The maximum Gasteiger partial charge on any atom is 0.195 e. The van der Waals surface area contributed by atoms with Gasteiger partial charge in [-0.1, -0.05) is 0 Å². The number of hydrogen-bond acceptors (Lipinski definition) is 2. The summed E-state index contributed by atoms with van der Waals surface area (Å²) in [5.41, 5.74) is 0.752. The first kappa shape index (κ1) is 4.71. The predicted octanol–water partition coefficient (Wildman–Crippen LogP) is 1.59. The molecule has 38 valence electrons. The van der Waals surface area contributed by atoms with Crippen molar-refractivity contribution in [3.05, 3.63) is 16.9 Å². The fourth-order valence-corrected chi connectivity index (χ4v) is 0.840. The van der Waals surface area contributed by atoms with Gasteiger partial charge >= 0.3 is 0 Å². The van der Waals surface area contributed by atoms with E-state index in [9.17, 15) is 4.39 Å². The lowest BCUT2D eigenvalue weighted by molar-refractivity contribution is 0.656. The molecule has 0 radical (unpaired) electrons. The molecule has 0 N–H and O–H groups in total. The van der Waals surface area contributed by atoms with Crippen molar-refractivity contribution in [2.24, 2.45) is 0 Å². The first-order valence-corrected chi connectivity index (χ1v) is 2.65. The zero-order valence-corrected chi connectivity index (χ0v) is 4.63. The molecule has 0 aliphatic heterocycles. The van der Waals surface area contributed by atoms with E-state index >= 15 is 0 Å². The Bertz CT molecular complexity index is 144. The number of halogens is 1. The lowest BCUT2D eigenvalue weighted by atomic mass is 10.5. The van der Waals surface area contributed by atoms with Gasteiger partial charge in [0.1, 0.15) is 0 Å². The molecular weight excluding hydrogens is 113 g/mol. The second-order valence-electron chi connectivity index (χ2n) is 1.27. The molecule has 1 heterocycles. The Morgan fingerprint density at radius 2 is 2.57 bits per heavy atom. The quantitative estimate of drug-likeness (QED) is 0.503. The topological polar surface area (TPSA) is 12.9 Å². The number of rotatable bonds is 0. The Morgan fingerprint density at radius 1 is 1.86 bits per heavy atom. The summed E-state index contributed by atoms with van der Waals surface area (Å²) in [7, 11) is 0. The van der Waals surface area contributed by atoms with Gasteiger partial charge in [0.15, 0.2) is 5.13 Å². The molecule has 1 nitrogen and oxygen atoms in total. The van der Waals surface area contributed by atoms with Crippen LogP contribution in [-0.2, 0) is 0 Å². The van der Waals surface area contributed by atoms with E-state index in [2.05, 4.69) is 4.37 Å². The minimum atomic E-state index is -0.211. The van der Waals surface area contributed by atoms with Gasteiger partial charge in [-0.25, -0.2) is 0 Å². The molecule has 0 bridgehead atoms. The van der Waals surface area contributed by atoms with E-state index in [1.54, 1.807) is 6.92 Å². The highest BCUT2D eigenvalue weighted by Gasteiger charge is 1.90. The summed E-state index contributed by atoms with van der Waals surface area (Å²) >= 11 is 0.888. The van der Waals surface area contributed by atoms with Crippen LogP contribution in [0.1, 0.15) is 5.69 Å². The Hall–Kier alpha value is -0.440. The second kappa shape index (κ2) is 1.58. The summed E-state index contributed by atoms with van der Waals surface area (Å²) < 4.78 is 15.6. The van der Waals surface area contributed by atoms with E-state index in [4.69, 9.17) is 0 Å². The molecule has 0 amide bonds. The highest BCUT2D eigenvalue weighted by molar-refractivity contribution is 7.03. The summed E-state index contributed by atoms with van der Waals surface area (Å²) in [6, 6.07) is 1.41. The minimum Gasteiger partial charge on any atom is -0.195 e. The van der Waals surface area contributed by atoms with E-state index in [-0.39, 0.29) is 5.13 Å². The van der Waals surface area contributed by atoms with Gasteiger partial charge in [0.25, 0.3) is 0 Å². The first-order chi connectivity index (χ1) is 3.29. The average molecular weight is 117 g/mol. The van der Waals surface area contributed by atoms with Crippen LogP contribution in [0.4, 0.5) is 4.39 Å². The SMILES string of the molecule is Cc1cc(F)sn1. The van der Waals surface area contributed by atoms with Gasteiger partial charge in [-0.2, -0.15) is 8.76 Å². The molecule has 0 aliphatic rings. The van der Waals surface area contributed by atoms with Gasteiger partial charge in [-0.05, 0) is 18.5 Å². The van der Waals surface area contributed by atoms with Crippen molar-refractivity contribution in [1.82, 2.24) is 4.37 Å². The van der Waals surface area contributed by atoms with Gasteiger partial charge in [-0.15, -0.1) is 0 Å². The zero-order valence-electron chi connectivity index (χ0n) is 3.81. The van der Waals surface area contributed by atoms with Crippen molar-refractivity contribution >= 4 is 11.5 Å². The lowest BCUT2D eigenvalue weighted by Crippen LogP contribution is -1.59. The van der Waals surface area contributed by atoms with Crippen molar-refractivity contribution in [1.29, 1.82) is 0 Å². The molecule has 0 saturated carbocycles. The number of aryl methyl sites for hydroxylation is 1. The van der Waals surface area contributed by atoms with Gasteiger partial charge < -0.3 is 0 Å². The van der Waals surface area contributed by atoms with E-state index in [0.717, 1.165) is 17.2 Å². The van der Waals surface area contributed by atoms with Crippen molar-refractivity contribution in [2.75, 3.05) is 0 Å². The monoisotopic (exact) mass is 117 g/mol. The molecule has 1 aromatic heterocycles. The molecule has 0 atom stereocenters. The molecule has 0 saturated heterocycles. The molecule has 1 rings (SSSR count). The van der Waals surface area contributed by atoms with Gasteiger partial charge in [0.05, 0.1) is 5.69 Å². The van der Waals surface area contributed by atoms with Crippen LogP contribution >= 0.6 is 11.5 Å². The standard InChI is InChI=1S/C4H4FNS/c1-3-2-4(5)7-6-3/h2H,1H3. The Balaban J connectivity index is 3.04. The highest BCUT2D eigenvalue weighted by atomic mass is 32.1. The van der Waals surface area contributed by atoms with Crippen molar-refractivity contribution in [2.45, 2.75) is 6.92 Å². The van der Waals surface area contributed by atoms with E-state index in [1.165, 1.54) is 6.07 Å². The van der Waals surface area contributed by atoms with Crippen LogP contribution < -0.4 is 0 Å². The molecule has 0 aromatic carbocycles. The van der Waals surface area contributed by atoms with E-state index in [1.807, 2.05) is 0 Å². The van der Waals surface area contributed by atoms with Crippen LogP contribution in [0.25, 0.3) is 0 Å². The number of hydrogen-bond donors (Lipinski definition) is 0. The molecule has 0 unspecified atom stereocenters. The van der Waals surface area contributed by atoms with Crippen LogP contribution in [0.5, 0.6) is 0 Å². The van der Waals surface area contributed by atoms with Crippen molar-refractivity contribution < 1.29 is 4.39 Å². The zero-order chi connectivity index (χ0) is 5.28. The normalized spacial score (nSPS) is 9.43. The summed E-state index contributed by atoms with van der Waals surface area (Å²) in [6.07, 6.45) is 0. The molecule has 0 spiro atoms. The maximum atomic E-state index is 11.9. The molecule has 7 heavy (non-hydrogen) atoms. The second-order valence-corrected chi connectivity index (χ2v) is 2.03. The largest absolute Gasteiger partial charge is 0.195 e. The number of nitrogens with zero attached hydrogens (tertiary/aromatic N) is 1. The van der Waals surface area contributed by atoms with Gasteiger partial charge in [0, 0.05) is 6.07 Å². The Morgan fingerprint density at radius 3 is 2.71 bits per heavy atom. The Kier molecular flexibility index (Phi) is 1.06. The summed E-state index contributed by atoms with van der Waals surface area (Å²) in [5, 5.41) is -0.211. The molecular formula is C4H4FNS. The molecule has 1 aromatic rings. The van der Waals surface area contributed by atoms with Gasteiger partial charge in [0.2, 0.25) is 0 Å². The van der Waals surface area contributed by atoms with Crippen LogP contribution in [0.3, 0.4) is 0 Å². The fourth-order valence-electron chi connectivity index (χ4n) is 0.333. The van der Waals surface area contributed by atoms with Gasteiger partial charge in [-0.3, -0.25) is 0 Å². The summed E-state index contributed by atoms with van der Waals surface area (Å²) in [6.45, 7) is 1.76. The van der Waals surface area contributed by atoms with Crippen LogP contribution in [0.15, 0.2) is 6.07 Å². The van der Waals surface area contributed by atoms with Crippen LogP contribution in [-0.4, -0.2) is 4.37 Å². The van der Waals surface area contributed by atoms with Crippen molar-refractivity contribution in [3.63, 3.8) is 0 Å². The van der Waals surface area contributed by atoms with Crippen molar-refractivity contribution in [3.8, 4) is 0 Å². The molecule has 0 fully saturated rings. The van der Waals surface area contributed by atoms with Crippen LogP contribution in [0.2, 0.25) is 0 Å². The third-order valence-corrected chi connectivity index (χ3v) is 1.27. The lowest BCUT2D eigenvalue weighted by Gasteiger charge is -1.64. The molecule has 0 aliphatic carbocycles. The average Bonchev–Trinajstić information content (AvgIpc) is 1.87. The van der Waals surface area contributed by atoms with E-state index in [0.29, 0.717) is 0 Å². The fraction of sp³-hybridized carbons (Fsp3) is 0.250. The third-order valence-electron chi connectivity index (χ3n) is 0.599. The third kappa shape index (κ3) is 0.962. The first-order valence-electron chi connectivity index (χ1n) is 1.88. The smallest absolute Gasteiger partial charge is 0.195 e. The minimum absolute atomic E-state index is 0.211. The number of aromatic nitrogens is 1. The maximum absolute atomic E-state index is 11.9. The summed E-state index contributed by atoms with van der Waals surface area (Å²) in [5.74, 6) is 0. The predicted molar refractivity (Wildman–Crippen MR) is 26.8 cm³/mol. The highest BCUT2D eigenvalue weighted by Crippen LogP contribution is 2.04. The van der Waals surface area contributed by atoms with E-state index < -0.39 is 0 Å². The Labute approximate surface area is 45.0 Å².